The first-order chi connectivity index (χ1) is 10.1. The first-order valence-corrected chi connectivity index (χ1v) is 7.43. The van der Waals surface area contributed by atoms with Gasteiger partial charge in [-0.05, 0) is 25.2 Å². The number of hydrogen-bond donors (Lipinski definition) is 1. The van der Waals surface area contributed by atoms with Gasteiger partial charge in [0.05, 0.1) is 0 Å². The van der Waals surface area contributed by atoms with Crippen molar-refractivity contribution in [2.24, 2.45) is 0 Å². The Morgan fingerprint density at radius 3 is 2.90 bits per heavy atom. The molecule has 0 bridgehead atoms. The number of β-amino-alcohol motifs (C(OH)–C–C–N with tert-alkyl or cyclic N) is 1. The monoisotopic (exact) mass is 301 g/mol. The fourth-order valence-corrected chi connectivity index (χ4v) is 3.76. The third-order valence-electron chi connectivity index (χ3n) is 4.51. The Balaban J connectivity index is 2.00. The highest BCUT2D eigenvalue weighted by Gasteiger charge is 2.50. The van der Waals surface area contributed by atoms with Crippen molar-refractivity contribution >= 4 is 11.6 Å². The van der Waals surface area contributed by atoms with Crippen molar-refractivity contribution in [1.29, 1.82) is 0 Å². The van der Waals surface area contributed by atoms with Crippen LogP contribution in [0.1, 0.15) is 17.0 Å². The average molecular weight is 302 g/mol. The summed E-state index contributed by atoms with van der Waals surface area (Å²) in [6.45, 7) is 1.39. The predicted molar refractivity (Wildman–Crippen MR) is 82.1 cm³/mol. The predicted octanol–water partition coefficient (Wildman–Crippen LogP) is 3.36. The molecule has 0 amide bonds. The summed E-state index contributed by atoms with van der Waals surface area (Å²) in [4.78, 5) is 2.16. The smallest absolute Gasteiger partial charge is 0.135 e. The molecule has 3 nitrogen and oxygen atoms in total. The Labute approximate surface area is 128 Å². The van der Waals surface area contributed by atoms with E-state index >= 15 is 0 Å². The third kappa shape index (κ3) is 1.89. The molecule has 108 valence electrons. The summed E-state index contributed by atoms with van der Waals surface area (Å²) < 4.78 is 6.06. The molecule has 0 saturated carbocycles. The number of halogens is 1. The fourth-order valence-electron chi connectivity index (χ4n) is 3.60. The number of rotatable bonds is 0. The number of likely N-dealkylation sites (N-methyl/N-ethyl adjacent to an activating group) is 1. The summed E-state index contributed by atoms with van der Waals surface area (Å²) in [6, 6.07) is 13.4. The maximum absolute atomic E-state index is 11.4. The summed E-state index contributed by atoms with van der Waals surface area (Å²) in [5, 5.41) is 12.0. The van der Waals surface area contributed by atoms with Gasteiger partial charge in [-0.3, -0.25) is 0 Å². The first kappa shape index (κ1) is 13.1. The molecule has 1 saturated heterocycles. The number of ether oxygens (including phenoxy) is 1. The SMILES string of the molecule is CN1C[C@H]2c3ccccc3Oc3cc(Cl)ccc3[C@@]2(O)C1. The van der Waals surface area contributed by atoms with Crippen molar-refractivity contribution in [2.45, 2.75) is 11.5 Å². The third-order valence-corrected chi connectivity index (χ3v) is 4.74. The van der Waals surface area contributed by atoms with E-state index in [9.17, 15) is 5.11 Å². The van der Waals surface area contributed by atoms with Gasteiger partial charge in [-0.15, -0.1) is 0 Å². The number of benzene rings is 2. The Morgan fingerprint density at radius 1 is 1.24 bits per heavy atom. The van der Waals surface area contributed by atoms with Gasteiger partial charge in [-0.2, -0.15) is 0 Å². The lowest BCUT2D eigenvalue weighted by molar-refractivity contribution is 0.0337. The number of para-hydroxylation sites is 1. The molecule has 4 heteroatoms. The highest BCUT2D eigenvalue weighted by atomic mass is 35.5. The minimum atomic E-state index is -0.943. The fraction of sp³-hybridized carbons (Fsp3) is 0.294. The van der Waals surface area contributed by atoms with Crippen molar-refractivity contribution in [3.05, 3.63) is 58.6 Å². The highest BCUT2D eigenvalue weighted by molar-refractivity contribution is 6.30. The molecule has 0 radical (unpaired) electrons. The second-order valence-corrected chi connectivity index (χ2v) is 6.39. The van der Waals surface area contributed by atoms with Gasteiger partial charge in [0.25, 0.3) is 0 Å². The Hall–Kier alpha value is -1.55. The summed E-state index contributed by atoms with van der Waals surface area (Å²) in [5.41, 5.74) is 0.926. The van der Waals surface area contributed by atoms with Crippen LogP contribution in [-0.2, 0) is 5.60 Å². The van der Waals surface area contributed by atoms with Gasteiger partial charge < -0.3 is 14.7 Å². The molecule has 1 fully saturated rings. The van der Waals surface area contributed by atoms with Crippen molar-refractivity contribution in [2.75, 3.05) is 20.1 Å². The minimum absolute atomic E-state index is 0.00104. The maximum Gasteiger partial charge on any atom is 0.135 e. The molecular weight excluding hydrogens is 286 g/mol. The van der Waals surface area contributed by atoms with Crippen LogP contribution in [0.3, 0.4) is 0 Å². The molecule has 0 aliphatic carbocycles. The lowest BCUT2D eigenvalue weighted by atomic mass is 9.80. The number of aliphatic hydroxyl groups is 1. The van der Waals surface area contributed by atoms with E-state index in [0.29, 0.717) is 17.3 Å². The van der Waals surface area contributed by atoms with Crippen LogP contribution < -0.4 is 4.74 Å². The molecule has 2 atom stereocenters. The molecule has 2 aliphatic rings. The molecule has 2 aliphatic heterocycles. The van der Waals surface area contributed by atoms with E-state index in [4.69, 9.17) is 16.3 Å². The van der Waals surface area contributed by atoms with E-state index in [0.717, 1.165) is 23.4 Å². The van der Waals surface area contributed by atoms with E-state index in [1.165, 1.54) is 0 Å². The molecule has 4 rings (SSSR count). The lowest BCUT2D eigenvalue weighted by Gasteiger charge is -2.28. The second kappa shape index (κ2) is 4.47. The van der Waals surface area contributed by atoms with Crippen LogP contribution in [0.5, 0.6) is 11.5 Å². The lowest BCUT2D eigenvalue weighted by Crippen LogP contribution is -2.33. The average Bonchev–Trinajstić information content (AvgIpc) is 2.70. The number of likely N-dealkylation sites (tertiary alicyclic amines) is 1. The number of hydrogen-bond acceptors (Lipinski definition) is 3. The standard InChI is InChI=1S/C17H16ClNO2/c1-19-9-14-12-4-2-3-5-15(12)21-16-8-11(18)6-7-13(16)17(14,20)10-19/h2-8,14,20H,9-10H2,1H3/t14-,17-/m0/s1. The summed E-state index contributed by atoms with van der Waals surface area (Å²) in [5.74, 6) is 1.45. The van der Waals surface area contributed by atoms with Crippen molar-refractivity contribution < 1.29 is 9.84 Å². The van der Waals surface area contributed by atoms with Gasteiger partial charge >= 0.3 is 0 Å². The topological polar surface area (TPSA) is 32.7 Å². The number of nitrogens with zero attached hydrogens (tertiary/aromatic N) is 1. The van der Waals surface area contributed by atoms with Crippen LogP contribution in [0.15, 0.2) is 42.5 Å². The van der Waals surface area contributed by atoms with E-state index < -0.39 is 5.60 Å². The van der Waals surface area contributed by atoms with Crippen molar-refractivity contribution in [3.63, 3.8) is 0 Å². The van der Waals surface area contributed by atoms with Crippen LogP contribution in [0, 0.1) is 0 Å². The van der Waals surface area contributed by atoms with Gasteiger partial charge in [0, 0.05) is 35.2 Å². The normalized spacial score (nSPS) is 27.3. The molecule has 2 heterocycles. The summed E-state index contributed by atoms with van der Waals surface area (Å²) >= 11 is 6.10. The Morgan fingerprint density at radius 2 is 2.05 bits per heavy atom. The zero-order valence-corrected chi connectivity index (χ0v) is 12.5. The van der Waals surface area contributed by atoms with Gasteiger partial charge in [-0.1, -0.05) is 35.9 Å². The van der Waals surface area contributed by atoms with Crippen molar-refractivity contribution in [3.8, 4) is 11.5 Å². The maximum atomic E-state index is 11.4. The highest BCUT2D eigenvalue weighted by Crippen LogP contribution is 2.52. The van der Waals surface area contributed by atoms with E-state index in [-0.39, 0.29) is 5.92 Å². The zero-order chi connectivity index (χ0) is 14.6. The summed E-state index contributed by atoms with van der Waals surface area (Å²) in [7, 11) is 2.03. The van der Waals surface area contributed by atoms with Crippen molar-refractivity contribution in [1.82, 2.24) is 4.90 Å². The van der Waals surface area contributed by atoms with E-state index in [1.54, 1.807) is 6.07 Å². The summed E-state index contributed by atoms with van der Waals surface area (Å²) in [6.07, 6.45) is 0. The van der Waals surface area contributed by atoms with Gasteiger partial charge in [0.2, 0.25) is 0 Å². The quantitative estimate of drug-likeness (QED) is 0.810. The second-order valence-electron chi connectivity index (χ2n) is 5.95. The Kier molecular flexibility index (Phi) is 2.80. The van der Waals surface area contributed by atoms with E-state index in [1.807, 2.05) is 43.4 Å². The molecule has 0 unspecified atom stereocenters. The minimum Gasteiger partial charge on any atom is -0.457 e. The van der Waals surface area contributed by atoms with Crippen LogP contribution >= 0.6 is 11.6 Å². The number of fused-ring (bicyclic) bond motifs is 5. The van der Waals surface area contributed by atoms with Crippen LogP contribution in [0.4, 0.5) is 0 Å². The first-order valence-electron chi connectivity index (χ1n) is 7.06. The molecule has 0 spiro atoms. The molecule has 2 aromatic carbocycles. The van der Waals surface area contributed by atoms with Gasteiger partial charge in [0.1, 0.15) is 17.1 Å². The van der Waals surface area contributed by atoms with Crippen LogP contribution in [0.25, 0.3) is 0 Å². The molecular formula is C17H16ClNO2. The van der Waals surface area contributed by atoms with Gasteiger partial charge in [0.15, 0.2) is 0 Å². The van der Waals surface area contributed by atoms with Crippen LogP contribution in [0.2, 0.25) is 5.02 Å². The molecule has 0 aromatic heterocycles. The van der Waals surface area contributed by atoms with Crippen LogP contribution in [-0.4, -0.2) is 30.1 Å². The molecule has 21 heavy (non-hydrogen) atoms. The molecule has 1 N–H and O–H groups in total. The Bertz CT molecular complexity index is 718. The zero-order valence-electron chi connectivity index (χ0n) is 11.7. The van der Waals surface area contributed by atoms with E-state index in [2.05, 4.69) is 4.90 Å². The largest absolute Gasteiger partial charge is 0.457 e. The van der Waals surface area contributed by atoms with Gasteiger partial charge in [-0.25, -0.2) is 0 Å². The molecule has 2 aromatic rings.